The van der Waals surface area contributed by atoms with Crippen molar-refractivity contribution in [3.05, 3.63) is 34.9 Å². The Hall–Kier alpha value is -1.10. The summed E-state index contributed by atoms with van der Waals surface area (Å²) in [6.45, 7) is 4.55. The van der Waals surface area contributed by atoms with Gasteiger partial charge >= 0.3 is 0 Å². The first kappa shape index (κ1) is 16.3. The van der Waals surface area contributed by atoms with E-state index in [4.69, 9.17) is 22.1 Å². The predicted molar refractivity (Wildman–Crippen MR) is 84.2 cm³/mol. The van der Waals surface area contributed by atoms with E-state index in [-0.39, 0.29) is 12.0 Å². The molecule has 1 saturated heterocycles. The maximum Gasteiger partial charge on any atom is 0.222 e. The highest BCUT2D eigenvalue weighted by Crippen LogP contribution is 2.24. The zero-order chi connectivity index (χ0) is 15.2. The molecule has 0 saturated carbocycles. The van der Waals surface area contributed by atoms with Crippen LogP contribution in [0.5, 0.6) is 0 Å². The predicted octanol–water partition coefficient (Wildman–Crippen LogP) is 2.61. The topological polar surface area (TPSA) is 55.6 Å². The van der Waals surface area contributed by atoms with Gasteiger partial charge in [-0.05, 0) is 36.6 Å². The molecule has 1 fully saturated rings. The summed E-state index contributed by atoms with van der Waals surface area (Å²) in [5.41, 5.74) is 6.65. The summed E-state index contributed by atoms with van der Waals surface area (Å²) in [6, 6.07) is 7.61. The van der Waals surface area contributed by atoms with Crippen LogP contribution in [0.25, 0.3) is 0 Å². The molecule has 1 heterocycles. The molecule has 0 spiro atoms. The fourth-order valence-electron chi connectivity index (χ4n) is 2.40. The molecule has 1 aromatic carbocycles. The number of carbonyl (C=O) groups excluding carboxylic acids is 1. The Morgan fingerprint density at radius 2 is 2.19 bits per heavy atom. The molecule has 5 heteroatoms. The standard InChI is InChI=1S/C16H23ClN2O2/c1-12(10-18)2-7-16(20)19-8-9-21-15(11-19)13-3-5-14(17)6-4-13/h3-6,12,15H,2,7-11,18H2,1H3. The molecule has 21 heavy (non-hydrogen) atoms. The third kappa shape index (κ3) is 4.70. The van der Waals surface area contributed by atoms with Crippen molar-refractivity contribution in [3.63, 3.8) is 0 Å². The lowest BCUT2D eigenvalue weighted by Gasteiger charge is -2.33. The molecule has 4 nitrogen and oxygen atoms in total. The molecule has 1 aliphatic heterocycles. The summed E-state index contributed by atoms with van der Waals surface area (Å²) in [7, 11) is 0. The van der Waals surface area contributed by atoms with Gasteiger partial charge in [-0.2, -0.15) is 0 Å². The second-order valence-corrected chi connectivity index (χ2v) is 6.07. The van der Waals surface area contributed by atoms with E-state index in [0.29, 0.717) is 43.6 Å². The minimum atomic E-state index is -0.0631. The van der Waals surface area contributed by atoms with Gasteiger partial charge in [0.15, 0.2) is 0 Å². The summed E-state index contributed by atoms with van der Waals surface area (Å²) in [4.78, 5) is 14.2. The molecular weight excluding hydrogens is 288 g/mol. The quantitative estimate of drug-likeness (QED) is 0.909. The Bertz CT molecular complexity index is 464. The van der Waals surface area contributed by atoms with E-state index in [1.165, 1.54) is 0 Å². The Labute approximate surface area is 131 Å². The van der Waals surface area contributed by atoms with Gasteiger partial charge in [-0.25, -0.2) is 0 Å². The molecule has 2 N–H and O–H groups in total. The molecule has 0 bridgehead atoms. The van der Waals surface area contributed by atoms with Crippen LogP contribution in [0, 0.1) is 5.92 Å². The minimum Gasteiger partial charge on any atom is -0.370 e. The maximum atomic E-state index is 12.3. The van der Waals surface area contributed by atoms with Crippen molar-refractivity contribution < 1.29 is 9.53 Å². The van der Waals surface area contributed by atoms with Crippen molar-refractivity contribution >= 4 is 17.5 Å². The highest BCUT2D eigenvalue weighted by atomic mass is 35.5. The highest BCUT2D eigenvalue weighted by molar-refractivity contribution is 6.30. The molecule has 2 atom stereocenters. The smallest absolute Gasteiger partial charge is 0.222 e. The fourth-order valence-corrected chi connectivity index (χ4v) is 2.53. The van der Waals surface area contributed by atoms with Gasteiger partial charge in [0.2, 0.25) is 5.91 Å². The average molecular weight is 311 g/mol. The summed E-state index contributed by atoms with van der Waals surface area (Å²) in [5.74, 6) is 0.583. The van der Waals surface area contributed by atoms with Crippen molar-refractivity contribution in [2.45, 2.75) is 25.9 Å². The lowest BCUT2D eigenvalue weighted by atomic mass is 10.0. The Balaban J connectivity index is 1.91. The number of hydrogen-bond donors (Lipinski definition) is 1. The second kappa shape index (κ2) is 7.78. The van der Waals surface area contributed by atoms with Gasteiger partial charge in [-0.1, -0.05) is 30.7 Å². The van der Waals surface area contributed by atoms with Crippen LogP contribution < -0.4 is 5.73 Å². The molecule has 0 aromatic heterocycles. The Morgan fingerprint density at radius 1 is 1.48 bits per heavy atom. The molecule has 2 rings (SSSR count). The molecule has 116 valence electrons. The van der Waals surface area contributed by atoms with Crippen molar-refractivity contribution in [1.29, 1.82) is 0 Å². The number of rotatable bonds is 5. The van der Waals surface area contributed by atoms with E-state index in [9.17, 15) is 4.79 Å². The lowest BCUT2D eigenvalue weighted by molar-refractivity contribution is -0.139. The largest absolute Gasteiger partial charge is 0.370 e. The third-order valence-electron chi connectivity index (χ3n) is 3.91. The lowest BCUT2D eigenvalue weighted by Crippen LogP contribution is -2.42. The van der Waals surface area contributed by atoms with Gasteiger partial charge in [-0.3, -0.25) is 4.79 Å². The second-order valence-electron chi connectivity index (χ2n) is 5.63. The molecular formula is C16H23ClN2O2. The zero-order valence-electron chi connectivity index (χ0n) is 12.4. The number of halogens is 1. The number of nitrogens with zero attached hydrogens (tertiary/aromatic N) is 1. The first-order valence-electron chi connectivity index (χ1n) is 7.45. The highest BCUT2D eigenvalue weighted by Gasteiger charge is 2.25. The van der Waals surface area contributed by atoms with Crippen molar-refractivity contribution in [1.82, 2.24) is 4.90 Å². The molecule has 0 radical (unpaired) electrons. The summed E-state index contributed by atoms with van der Waals surface area (Å²) in [5, 5.41) is 0.707. The third-order valence-corrected chi connectivity index (χ3v) is 4.17. The number of amides is 1. The number of ether oxygens (including phenoxy) is 1. The van der Waals surface area contributed by atoms with Gasteiger partial charge < -0.3 is 15.4 Å². The van der Waals surface area contributed by atoms with Crippen LogP contribution >= 0.6 is 11.6 Å². The maximum absolute atomic E-state index is 12.3. The van der Waals surface area contributed by atoms with Crippen molar-refractivity contribution in [2.24, 2.45) is 11.7 Å². The van der Waals surface area contributed by atoms with Gasteiger partial charge in [0, 0.05) is 18.0 Å². The van der Waals surface area contributed by atoms with Crippen LogP contribution in [0.15, 0.2) is 24.3 Å². The van der Waals surface area contributed by atoms with Crippen LogP contribution in [0.4, 0.5) is 0 Å². The summed E-state index contributed by atoms with van der Waals surface area (Å²) < 4.78 is 5.77. The Morgan fingerprint density at radius 3 is 2.86 bits per heavy atom. The zero-order valence-corrected chi connectivity index (χ0v) is 13.2. The van der Waals surface area contributed by atoms with E-state index < -0.39 is 0 Å². The number of carbonyl (C=O) groups is 1. The minimum absolute atomic E-state index is 0.0631. The van der Waals surface area contributed by atoms with Crippen molar-refractivity contribution in [2.75, 3.05) is 26.2 Å². The van der Waals surface area contributed by atoms with E-state index in [1.54, 1.807) is 0 Å². The van der Waals surface area contributed by atoms with Crippen LogP contribution in [0.2, 0.25) is 5.02 Å². The van der Waals surface area contributed by atoms with Crippen molar-refractivity contribution in [3.8, 4) is 0 Å². The number of morpholine rings is 1. The first-order valence-corrected chi connectivity index (χ1v) is 7.83. The molecule has 1 amide bonds. The SMILES string of the molecule is CC(CN)CCC(=O)N1CCOC(c2ccc(Cl)cc2)C1. The molecule has 0 aliphatic carbocycles. The van der Waals surface area contributed by atoms with Gasteiger partial charge in [0.25, 0.3) is 0 Å². The Kier molecular flexibility index (Phi) is 6.03. The number of nitrogens with two attached hydrogens (primary N) is 1. The van der Waals surface area contributed by atoms with Crippen LogP contribution in [0.1, 0.15) is 31.4 Å². The van der Waals surface area contributed by atoms with E-state index in [1.807, 2.05) is 29.2 Å². The molecule has 2 unspecified atom stereocenters. The number of benzene rings is 1. The van der Waals surface area contributed by atoms with E-state index in [0.717, 1.165) is 12.0 Å². The van der Waals surface area contributed by atoms with Crippen LogP contribution in [-0.2, 0) is 9.53 Å². The molecule has 1 aliphatic rings. The summed E-state index contributed by atoms with van der Waals surface area (Å²) in [6.07, 6.45) is 1.34. The van der Waals surface area contributed by atoms with E-state index >= 15 is 0 Å². The van der Waals surface area contributed by atoms with Gasteiger partial charge in [0.1, 0.15) is 6.10 Å². The first-order chi connectivity index (χ1) is 10.1. The number of hydrogen-bond acceptors (Lipinski definition) is 3. The molecule has 1 aromatic rings. The van der Waals surface area contributed by atoms with Crippen LogP contribution in [0.3, 0.4) is 0 Å². The average Bonchev–Trinajstić information content (AvgIpc) is 2.53. The van der Waals surface area contributed by atoms with Crippen LogP contribution in [-0.4, -0.2) is 37.0 Å². The monoisotopic (exact) mass is 310 g/mol. The normalized spacial score (nSPS) is 20.3. The fraction of sp³-hybridized carbons (Fsp3) is 0.562. The van der Waals surface area contributed by atoms with Gasteiger partial charge in [-0.15, -0.1) is 0 Å². The van der Waals surface area contributed by atoms with Gasteiger partial charge in [0.05, 0.1) is 13.2 Å². The van der Waals surface area contributed by atoms with E-state index in [2.05, 4.69) is 6.92 Å². The summed E-state index contributed by atoms with van der Waals surface area (Å²) >= 11 is 5.90.